The lowest BCUT2D eigenvalue weighted by Gasteiger charge is -2.18. The molecule has 1 aromatic carbocycles. The highest BCUT2D eigenvalue weighted by Gasteiger charge is 2.26. The fraction of sp³-hybridized carbons (Fsp3) is 0.429. The summed E-state index contributed by atoms with van der Waals surface area (Å²) in [5, 5.41) is 2.57. The number of amides is 1. The van der Waals surface area contributed by atoms with Crippen LogP contribution in [-0.2, 0) is 11.4 Å². The quantitative estimate of drug-likeness (QED) is 0.682. The third-order valence-electron chi connectivity index (χ3n) is 2.51. The van der Waals surface area contributed by atoms with Crippen molar-refractivity contribution in [2.75, 3.05) is 7.05 Å². The molecular weight excluding hydrogens is 260 g/mol. The van der Waals surface area contributed by atoms with E-state index < -0.39 is 11.4 Å². The maximum absolute atomic E-state index is 12.0. The van der Waals surface area contributed by atoms with Crippen molar-refractivity contribution in [1.29, 1.82) is 0 Å². The highest BCUT2D eigenvalue weighted by atomic mass is 32.2. The molecule has 0 bridgehead atoms. The number of hydrogen-bond acceptors (Lipinski definition) is 3. The standard InChI is InChI=1S/C14H20N2O2S/c1-10(16-19(18)14(2,3)4)11-7-6-8-12(9-11)13(17)15-5/h6-9H,1-5H3,(H,15,17)/b16-10+. The van der Waals surface area contributed by atoms with Gasteiger partial charge in [-0.25, -0.2) is 0 Å². The molecule has 104 valence electrons. The molecule has 19 heavy (non-hydrogen) atoms. The van der Waals surface area contributed by atoms with E-state index in [1.807, 2.05) is 26.8 Å². The zero-order chi connectivity index (χ0) is 14.6. The van der Waals surface area contributed by atoms with Crippen molar-refractivity contribution in [3.05, 3.63) is 35.4 Å². The van der Waals surface area contributed by atoms with Crippen LogP contribution in [0.4, 0.5) is 0 Å². The van der Waals surface area contributed by atoms with Gasteiger partial charge in [-0.1, -0.05) is 16.5 Å². The second-order valence-electron chi connectivity index (χ2n) is 5.20. The molecule has 0 aliphatic carbocycles. The minimum Gasteiger partial charge on any atom is -0.591 e. The molecule has 0 radical (unpaired) electrons. The van der Waals surface area contributed by atoms with Gasteiger partial charge in [-0.05, 0) is 39.8 Å². The van der Waals surface area contributed by atoms with Crippen molar-refractivity contribution in [3.8, 4) is 0 Å². The first-order valence-corrected chi connectivity index (χ1v) is 7.16. The van der Waals surface area contributed by atoms with Crippen LogP contribution in [0, 0.1) is 0 Å². The third kappa shape index (κ3) is 4.36. The van der Waals surface area contributed by atoms with Gasteiger partial charge in [0, 0.05) is 18.2 Å². The summed E-state index contributed by atoms with van der Waals surface area (Å²) in [7, 11) is 1.59. The van der Waals surface area contributed by atoms with Gasteiger partial charge in [0.05, 0.1) is 5.71 Å². The van der Waals surface area contributed by atoms with Crippen LogP contribution in [0.3, 0.4) is 0 Å². The molecule has 0 aliphatic heterocycles. The van der Waals surface area contributed by atoms with Crippen LogP contribution >= 0.6 is 0 Å². The minimum absolute atomic E-state index is 0.147. The summed E-state index contributed by atoms with van der Waals surface area (Å²) in [6.07, 6.45) is 0. The Morgan fingerprint density at radius 2 is 1.89 bits per heavy atom. The lowest BCUT2D eigenvalue weighted by atomic mass is 10.1. The second-order valence-corrected chi connectivity index (χ2v) is 7.10. The largest absolute Gasteiger partial charge is 0.591 e. The Morgan fingerprint density at radius 3 is 2.42 bits per heavy atom. The SMILES string of the molecule is CNC(=O)c1cccc(/C(C)=N/[S+]([O-])C(C)(C)C)c1. The molecule has 1 amide bonds. The van der Waals surface area contributed by atoms with E-state index in [0.717, 1.165) is 5.56 Å². The summed E-state index contributed by atoms with van der Waals surface area (Å²) in [6.45, 7) is 7.43. The third-order valence-corrected chi connectivity index (χ3v) is 4.00. The van der Waals surface area contributed by atoms with Crippen LogP contribution in [0.15, 0.2) is 28.7 Å². The van der Waals surface area contributed by atoms with Crippen LogP contribution in [0.25, 0.3) is 0 Å². The average molecular weight is 280 g/mol. The Labute approximate surface area is 117 Å². The number of carbonyl (C=O) groups is 1. The Kier molecular flexibility index (Phi) is 5.14. The number of nitrogens with one attached hydrogen (secondary N) is 1. The van der Waals surface area contributed by atoms with Gasteiger partial charge in [0.2, 0.25) is 0 Å². The van der Waals surface area contributed by atoms with Gasteiger partial charge in [-0.15, -0.1) is 0 Å². The normalized spacial score (nSPS) is 14.1. The van der Waals surface area contributed by atoms with Crippen LogP contribution < -0.4 is 5.32 Å². The predicted molar refractivity (Wildman–Crippen MR) is 79.9 cm³/mol. The Balaban J connectivity index is 3.03. The zero-order valence-electron chi connectivity index (χ0n) is 12.0. The summed E-state index contributed by atoms with van der Waals surface area (Å²) in [4.78, 5) is 11.6. The van der Waals surface area contributed by atoms with Gasteiger partial charge >= 0.3 is 0 Å². The van der Waals surface area contributed by atoms with Crippen molar-refractivity contribution in [1.82, 2.24) is 5.32 Å². The molecule has 5 heteroatoms. The van der Waals surface area contributed by atoms with E-state index in [2.05, 4.69) is 9.71 Å². The molecule has 1 N–H and O–H groups in total. The Hall–Kier alpha value is -1.33. The van der Waals surface area contributed by atoms with Crippen LogP contribution in [0.5, 0.6) is 0 Å². The van der Waals surface area contributed by atoms with E-state index in [4.69, 9.17) is 0 Å². The second kappa shape index (κ2) is 6.21. The topological polar surface area (TPSA) is 64.5 Å². The first kappa shape index (κ1) is 15.7. The van der Waals surface area contributed by atoms with Gasteiger partial charge in [-0.3, -0.25) is 4.79 Å². The summed E-state index contributed by atoms with van der Waals surface area (Å²) >= 11 is -1.30. The van der Waals surface area contributed by atoms with Crippen molar-refractivity contribution in [3.63, 3.8) is 0 Å². The summed E-state index contributed by atoms with van der Waals surface area (Å²) in [5.41, 5.74) is 2.04. The smallest absolute Gasteiger partial charge is 0.251 e. The van der Waals surface area contributed by atoms with Crippen molar-refractivity contribution in [2.24, 2.45) is 4.40 Å². The Bertz CT molecular complexity index is 492. The minimum atomic E-state index is -1.30. The summed E-state index contributed by atoms with van der Waals surface area (Å²) in [6, 6.07) is 7.12. The lowest BCUT2D eigenvalue weighted by Crippen LogP contribution is -2.26. The van der Waals surface area contributed by atoms with E-state index in [1.165, 1.54) is 0 Å². The first-order valence-electron chi connectivity index (χ1n) is 6.05. The highest BCUT2D eigenvalue weighted by molar-refractivity contribution is 7.91. The van der Waals surface area contributed by atoms with Crippen LogP contribution in [0.2, 0.25) is 0 Å². The van der Waals surface area contributed by atoms with Gasteiger partial charge in [0.25, 0.3) is 5.91 Å². The number of nitrogens with zero attached hydrogens (tertiary/aromatic N) is 1. The molecule has 0 aromatic heterocycles. The van der Waals surface area contributed by atoms with Gasteiger partial charge < -0.3 is 9.87 Å². The molecule has 1 atom stereocenters. The molecule has 0 saturated heterocycles. The molecule has 1 unspecified atom stereocenters. The summed E-state index contributed by atoms with van der Waals surface area (Å²) < 4.78 is 15.8. The van der Waals surface area contributed by atoms with E-state index in [9.17, 15) is 9.35 Å². The number of benzene rings is 1. The predicted octanol–water partition coefficient (Wildman–Crippen LogP) is 2.32. The molecule has 1 aromatic rings. The molecule has 1 rings (SSSR count). The number of carbonyl (C=O) groups excluding carboxylic acids is 1. The van der Waals surface area contributed by atoms with Gasteiger partial charge in [0.1, 0.15) is 16.1 Å². The highest BCUT2D eigenvalue weighted by Crippen LogP contribution is 2.18. The number of rotatable bonds is 3. The van der Waals surface area contributed by atoms with E-state index in [-0.39, 0.29) is 10.7 Å². The average Bonchev–Trinajstić information content (AvgIpc) is 2.36. The van der Waals surface area contributed by atoms with Gasteiger partial charge in [0.15, 0.2) is 0 Å². The molecular formula is C14H20N2O2S. The van der Waals surface area contributed by atoms with Crippen molar-refractivity contribution in [2.45, 2.75) is 32.4 Å². The molecule has 4 nitrogen and oxygen atoms in total. The monoisotopic (exact) mass is 280 g/mol. The Morgan fingerprint density at radius 1 is 1.32 bits per heavy atom. The fourth-order valence-corrected chi connectivity index (χ4v) is 1.97. The van der Waals surface area contributed by atoms with Crippen molar-refractivity contribution < 1.29 is 9.35 Å². The van der Waals surface area contributed by atoms with E-state index in [0.29, 0.717) is 11.3 Å². The van der Waals surface area contributed by atoms with Crippen LogP contribution in [0.1, 0.15) is 43.6 Å². The molecule has 0 aliphatic rings. The molecule has 0 fully saturated rings. The lowest BCUT2D eigenvalue weighted by molar-refractivity contribution is 0.0963. The van der Waals surface area contributed by atoms with E-state index in [1.54, 1.807) is 32.2 Å². The van der Waals surface area contributed by atoms with Crippen molar-refractivity contribution >= 4 is 23.0 Å². The van der Waals surface area contributed by atoms with Crippen LogP contribution in [-0.4, -0.2) is 28.0 Å². The maximum atomic E-state index is 12.0. The summed E-state index contributed by atoms with van der Waals surface area (Å²) in [5.74, 6) is -0.147. The zero-order valence-corrected chi connectivity index (χ0v) is 12.8. The van der Waals surface area contributed by atoms with Gasteiger partial charge in [-0.2, -0.15) is 0 Å². The molecule has 0 heterocycles. The van der Waals surface area contributed by atoms with E-state index >= 15 is 0 Å². The fourth-order valence-electron chi connectivity index (χ4n) is 1.34. The molecule has 0 spiro atoms. The number of hydrogen-bond donors (Lipinski definition) is 1. The first-order chi connectivity index (χ1) is 8.75. The molecule has 0 saturated carbocycles. The maximum Gasteiger partial charge on any atom is 0.251 e.